The Labute approximate surface area is 197 Å². The van der Waals surface area contributed by atoms with Gasteiger partial charge >= 0.3 is 12.1 Å². The van der Waals surface area contributed by atoms with Crippen molar-refractivity contribution in [2.45, 2.75) is 147 Å². The summed E-state index contributed by atoms with van der Waals surface area (Å²) in [6, 6.07) is 0. The minimum absolute atomic E-state index is 0.224. The highest BCUT2D eigenvalue weighted by Gasteiger charge is 2.61. The molecule has 1 rings (SSSR count). The molecule has 1 saturated carbocycles. The van der Waals surface area contributed by atoms with Crippen LogP contribution in [0, 0.1) is 5.92 Å². The van der Waals surface area contributed by atoms with E-state index >= 15 is 0 Å². The summed E-state index contributed by atoms with van der Waals surface area (Å²) in [5.74, 6) is -7.20. The molecule has 0 aromatic heterocycles. The maximum absolute atomic E-state index is 13.2. The number of rotatable bonds is 20. The minimum atomic E-state index is -5.66. The Morgan fingerprint density at radius 2 is 1.09 bits per heavy atom. The number of halogens is 5. The molecule has 1 atom stereocenters. The number of carbonyl (C=O) groups excluding carboxylic acids is 1. The largest absolute Gasteiger partial charge is 0.454 e. The topological polar surface area (TPSA) is 26.3 Å². The van der Waals surface area contributed by atoms with Gasteiger partial charge in [0.25, 0.3) is 0 Å². The molecule has 1 aliphatic rings. The van der Waals surface area contributed by atoms with E-state index in [-0.39, 0.29) is 12.7 Å². The Kier molecular flexibility index (Phi) is 16.2. The smallest absolute Gasteiger partial charge is 0.378 e. The number of unbranched alkanes of at least 4 members (excludes halogenated alkanes) is 13. The molecule has 0 aromatic rings. The third-order valence-corrected chi connectivity index (χ3v) is 6.82. The van der Waals surface area contributed by atoms with Crippen LogP contribution in [0.5, 0.6) is 0 Å². The molecule has 0 aromatic carbocycles. The van der Waals surface area contributed by atoms with E-state index in [1.807, 2.05) is 0 Å². The average Bonchev–Trinajstić information content (AvgIpc) is 2.78. The molecule has 0 radical (unpaired) electrons. The quantitative estimate of drug-likeness (QED) is 0.0978. The molecular formula is C26H45F5O2. The highest BCUT2D eigenvalue weighted by atomic mass is 19.4. The van der Waals surface area contributed by atoms with Gasteiger partial charge in [-0.25, -0.2) is 0 Å². The maximum Gasteiger partial charge on any atom is 0.454 e. The van der Waals surface area contributed by atoms with Crippen molar-refractivity contribution in [2.75, 3.05) is 6.61 Å². The van der Waals surface area contributed by atoms with Gasteiger partial charge in [-0.05, 0) is 25.7 Å². The van der Waals surface area contributed by atoms with Crippen molar-refractivity contribution in [3.63, 3.8) is 0 Å². The lowest BCUT2D eigenvalue weighted by Gasteiger charge is -2.24. The van der Waals surface area contributed by atoms with Crippen LogP contribution in [0.3, 0.4) is 0 Å². The molecule has 2 nitrogen and oxygen atoms in total. The van der Waals surface area contributed by atoms with Crippen LogP contribution in [0.1, 0.15) is 128 Å². The summed E-state index contributed by atoms with van der Waals surface area (Å²) in [4.78, 5) is 10.7. The van der Waals surface area contributed by atoms with E-state index in [0.29, 0.717) is 12.5 Å². The third-order valence-electron chi connectivity index (χ3n) is 6.82. The fourth-order valence-electron chi connectivity index (χ4n) is 4.61. The summed E-state index contributed by atoms with van der Waals surface area (Å²) >= 11 is 0. The molecule has 0 spiro atoms. The van der Waals surface area contributed by atoms with Gasteiger partial charge < -0.3 is 9.53 Å². The minimum Gasteiger partial charge on any atom is -0.378 e. The molecular weight excluding hydrogens is 439 g/mol. The first kappa shape index (κ1) is 30.3. The van der Waals surface area contributed by atoms with Gasteiger partial charge in [-0.2, -0.15) is 22.0 Å². The predicted molar refractivity (Wildman–Crippen MR) is 123 cm³/mol. The van der Waals surface area contributed by atoms with Crippen molar-refractivity contribution in [1.82, 2.24) is 0 Å². The zero-order chi connectivity index (χ0) is 24.4. The summed E-state index contributed by atoms with van der Waals surface area (Å²) in [7, 11) is 0. The molecule has 0 saturated heterocycles. The first-order valence-electron chi connectivity index (χ1n) is 13.3. The number of carbonyl (C=O) groups is 1. The van der Waals surface area contributed by atoms with Crippen LogP contribution >= 0.6 is 0 Å². The normalized spacial score (nSPS) is 16.8. The van der Waals surface area contributed by atoms with E-state index in [2.05, 4.69) is 0 Å². The average molecular weight is 485 g/mol. The molecule has 0 amide bonds. The summed E-state index contributed by atoms with van der Waals surface area (Å²) in [6.07, 6.45) is 15.5. The van der Waals surface area contributed by atoms with Crippen molar-refractivity contribution in [1.29, 1.82) is 0 Å². The molecule has 0 heterocycles. The van der Waals surface area contributed by atoms with E-state index < -0.39 is 24.4 Å². The van der Waals surface area contributed by atoms with Crippen molar-refractivity contribution < 1.29 is 31.5 Å². The van der Waals surface area contributed by atoms with Crippen molar-refractivity contribution in [3.8, 4) is 0 Å². The SMILES string of the molecule is O=CC(CCCCCCCCCCCCCCCCOC1CCCCC1)C(F)(F)C(F)(F)F. The molecule has 196 valence electrons. The lowest BCUT2D eigenvalue weighted by molar-refractivity contribution is -0.297. The first-order valence-corrected chi connectivity index (χ1v) is 13.3. The van der Waals surface area contributed by atoms with E-state index in [4.69, 9.17) is 4.74 Å². The molecule has 1 aliphatic carbocycles. The van der Waals surface area contributed by atoms with Crippen LogP contribution in [0.2, 0.25) is 0 Å². The van der Waals surface area contributed by atoms with Crippen molar-refractivity contribution in [3.05, 3.63) is 0 Å². The first-order chi connectivity index (χ1) is 15.8. The zero-order valence-electron chi connectivity index (χ0n) is 20.3. The van der Waals surface area contributed by atoms with Crippen LogP contribution in [-0.4, -0.2) is 31.1 Å². The summed E-state index contributed by atoms with van der Waals surface area (Å²) < 4.78 is 69.3. The fraction of sp³-hybridized carbons (Fsp3) is 0.962. The predicted octanol–water partition coefficient (Wildman–Crippen LogP) is 9.20. The lowest BCUT2D eigenvalue weighted by Crippen LogP contribution is -2.44. The van der Waals surface area contributed by atoms with Crippen LogP contribution in [-0.2, 0) is 9.53 Å². The van der Waals surface area contributed by atoms with Gasteiger partial charge in [-0.1, -0.05) is 103 Å². The molecule has 1 unspecified atom stereocenters. The van der Waals surface area contributed by atoms with E-state index in [1.54, 1.807) is 0 Å². The summed E-state index contributed by atoms with van der Waals surface area (Å²) in [5.41, 5.74) is 0. The molecule has 0 aliphatic heterocycles. The van der Waals surface area contributed by atoms with Gasteiger partial charge in [0.2, 0.25) is 0 Å². The van der Waals surface area contributed by atoms with Gasteiger partial charge in [-0.15, -0.1) is 0 Å². The third kappa shape index (κ3) is 13.7. The number of aldehydes is 1. The van der Waals surface area contributed by atoms with Gasteiger partial charge in [0, 0.05) is 6.61 Å². The van der Waals surface area contributed by atoms with Crippen LogP contribution in [0.4, 0.5) is 22.0 Å². The van der Waals surface area contributed by atoms with Crippen LogP contribution in [0.15, 0.2) is 0 Å². The van der Waals surface area contributed by atoms with Crippen molar-refractivity contribution >= 4 is 6.29 Å². The zero-order valence-corrected chi connectivity index (χ0v) is 20.3. The Bertz CT molecular complexity index is 476. The second-order valence-corrected chi connectivity index (χ2v) is 9.73. The Morgan fingerprint density at radius 1 is 0.667 bits per heavy atom. The van der Waals surface area contributed by atoms with E-state index in [9.17, 15) is 26.7 Å². The fourth-order valence-corrected chi connectivity index (χ4v) is 4.61. The van der Waals surface area contributed by atoms with E-state index in [0.717, 1.165) is 32.3 Å². The number of hydrogen-bond acceptors (Lipinski definition) is 2. The molecule has 0 bridgehead atoms. The molecule has 0 N–H and O–H groups in total. The monoisotopic (exact) mass is 484 g/mol. The second-order valence-electron chi connectivity index (χ2n) is 9.73. The number of alkyl halides is 5. The Balaban J connectivity index is 1.82. The highest BCUT2D eigenvalue weighted by molar-refractivity contribution is 5.55. The van der Waals surface area contributed by atoms with Gasteiger partial charge in [0.05, 0.1) is 12.0 Å². The standard InChI is InChI=1S/C26H45F5O2/c27-25(28,26(29,30)31)23(22-32)18-14-11-9-7-5-3-1-2-4-6-8-10-12-17-21-33-24-19-15-13-16-20-24/h22-24H,1-21H2. The lowest BCUT2D eigenvalue weighted by atomic mass is 9.95. The molecule has 7 heteroatoms. The molecule has 1 fully saturated rings. The number of hydrogen-bond donors (Lipinski definition) is 0. The van der Waals surface area contributed by atoms with Gasteiger partial charge in [-0.3, -0.25) is 0 Å². The second kappa shape index (κ2) is 17.7. The Morgan fingerprint density at radius 3 is 1.52 bits per heavy atom. The summed E-state index contributed by atoms with van der Waals surface area (Å²) in [6.45, 7) is 0.919. The Hall–Kier alpha value is -0.720. The summed E-state index contributed by atoms with van der Waals surface area (Å²) in [5, 5.41) is 0. The van der Waals surface area contributed by atoms with Gasteiger partial charge in [0.15, 0.2) is 0 Å². The highest BCUT2D eigenvalue weighted by Crippen LogP contribution is 2.42. The van der Waals surface area contributed by atoms with E-state index in [1.165, 1.54) is 83.5 Å². The van der Waals surface area contributed by atoms with Crippen molar-refractivity contribution in [2.24, 2.45) is 5.92 Å². The molecule has 33 heavy (non-hydrogen) atoms. The van der Waals surface area contributed by atoms with Crippen LogP contribution < -0.4 is 0 Å². The van der Waals surface area contributed by atoms with Gasteiger partial charge in [0.1, 0.15) is 6.29 Å². The van der Waals surface area contributed by atoms with Crippen LogP contribution in [0.25, 0.3) is 0 Å². The maximum atomic E-state index is 13.2. The number of ether oxygens (including phenoxy) is 1.